The highest BCUT2D eigenvalue weighted by atomic mass is 16.5. The average Bonchev–Trinajstić information content (AvgIpc) is 2.53. The van der Waals surface area contributed by atoms with E-state index >= 15 is 0 Å². The third-order valence-corrected chi connectivity index (χ3v) is 4.91. The van der Waals surface area contributed by atoms with Crippen molar-refractivity contribution in [2.75, 3.05) is 13.2 Å². The van der Waals surface area contributed by atoms with E-state index in [2.05, 4.69) is 17.2 Å². The van der Waals surface area contributed by atoms with E-state index in [1.807, 2.05) is 26.0 Å². The van der Waals surface area contributed by atoms with Gasteiger partial charge in [-0.3, -0.25) is 14.4 Å². The second-order valence-corrected chi connectivity index (χ2v) is 6.87. The minimum atomic E-state index is -0.881. The summed E-state index contributed by atoms with van der Waals surface area (Å²) in [5.41, 5.74) is 2.59. The Bertz CT molecular complexity index is 775. The summed E-state index contributed by atoms with van der Waals surface area (Å²) in [5.74, 6) is 4.61. The summed E-state index contributed by atoms with van der Waals surface area (Å²) in [4.78, 5) is 37.0. The minimum Gasteiger partial charge on any atom is -0.362 e. The molecule has 5 nitrogen and oxygen atoms in total. The number of carbonyl (C=O) groups is 3. The van der Waals surface area contributed by atoms with Crippen molar-refractivity contribution in [1.29, 1.82) is 0 Å². The van der Waals surface area contributed by atoms with Crippen LogP contribution in [0.5, 0.6) is 0 Å². The normalized spacial score (nSPS) is 26.2. The van der Waals surface area contributed by atoms with Gasteiger partial charge < -0.3 is 10.1 Å². The molecule has 5 heteroatoms. The SMILES string of the molecule is CC#Cc1cc(C)c(C2C(=O)CC3(CNC(=O)CO3)CC2=O)c(C)c1. The van der Waals surface area contributed by atoms with E-state index in [1.165, 1.54) is 0 Å². The summed E-state index contributed by atoms with van der Waals surface area (Å²) in [5, 5.41) is 2.70. The van der Waals surface area contributed by atoms with Gasteiger partial charge in [0.1, 0.15) is 12.5 Å². The molecule has 1 amide bonds. The predicted molar refractivity (Wildman–Crippen MR) is 92.1 cm³/mol. The Morgan fingerprint density at radius 1 is 1.12 bits per heavy atom. The fourth-order valence-electron chi connectivity index (χ4n) is 3.86. The predicted octanol–water partition coefficient (Wildman–Crippen LogP) is 1.58. The third-order valence-electron chi connectivity index (χ3n) is 4.91. The number of morpholine rings is 1. The average molecular weight is 339 g/mol. The molecule has 25 heavy (non-hydrogen) atoms. The van der Waals surface area contributed by atoms with E-state index in [9.17, 15) is 14.4 Å². The van der Waals surface area contributed by atoms with Gasteiger partial charge in [0, 0.05) is 24.9 Å². The fraction of sp³-hybridized carbons (Fsp3) is 0.450. The number of carbonyl (C=O) groups excluding carboxylic acids is 3. The van der Waals surface area contributed by atoms with Gasteiger partial charge in [0.25, 0.3) is 0 Å². The van der Waals surface area contributed by atoms with Gasteiger partial charge in [-0.05, 0) is 49.6 Å². The Morgan fingerprint density at radius 2 is 1.72 bits per heavy atom. The zero-order valence-electron chi connectivity index (χ0n) is 14.7. The number of aryl methyl sites for hydroxylation is 2. The lowest BCUT2D eigenvalue weighted by molar-refractivity contribution is -0.159. The fourth-order valence-corrected chi connectivity index (χ4v) is 3.86. The molecule has 0 radical (unpaired) electrons. The molecule has 0 aromatic heterocycles. The molecule has 2 fully saturated rings. The number of rotatable bonds is 1. The van der Waals surface area contributed by atoms with Gasteiger partial charge in [-0.2, -0.15) is 0 Å². The molecule has 3 rings (SSSR count). The maximum atomic E-state index is 12.8. The number of ether oxygens (including phenoxy) is 1. The smallest absolute Gasteiger partial charge is 0.246 e. The van der Waals surface area contributed by atoms with Crippen LogP contribution in [0, 0.1) is 25.7 Å². The van der Waals surface area contributed by atoms with E-state index in [-0.39, 0.29) is 43.5 Å². The van der Waals surface area contributed by atoms with E-state index in [0.717, 1.165) is 22.3 Å². The van der Waals surface area contributed by atoms with Crippen molar-refractivity contribution in [2.24, 2.45) is 0 Å². The maximum Gasteiger partial charge on any atom is 0.246 e. The third kappa shape index (κ3) is 3.22. The highest BCUT2D eigenvalue weighted by Crippen LogP contribution is 2.38. The largest absolute Gasteiger partial charge is 0.362 e. The first kappa shape index (κ1) is 17.4. The highest BCUT2D eigenvalue weighted by Gasteiger charge is 2.48. The molecule has 1 heterocycles. The molecule has 0 unspecified atom stereocenters. The number of benzene rings is 1. The Labute approximate surface area is 147 Å². The first-order valence-electron chi connectivity index (χ1n) is 8.35. The second kappa shape index (κ2) is 6.45. The minimum absolute atomic E-state index is 0.104. The van der Waals surface area contributed by atoms with Crippen molar-refractivity contribution >= 4 is 17.5 Å². The van der Waals surface area contributed by atoms with Crippen molar-refractivity contribution < 1.29 is 19.1 Å². The van der Waals surface area contributed by atoms with Crippen LogP contribution < -0.4 is 5.32 Å². The van der Waals surface area contributed by atoms with Crippen molar-refractivity contribution in [1.82, 2.24) is 5.32 Å². The Morgan fingerprint density at radius 3 is 2.20 bits per heavy atom. The van der Waals surface area contributed by atoms with E-state index in [1.54, 1.807) is 6.92 Å². The van der Waals surface area contributed by atoms with Gasteiger partial charge in [-0.25, -0.2) is 0 Å². The van der Waals surface area contributed by atoms with Crippen LogP contribution in [0.1, 0.15) is 47.9 Å². The molecule has 1 aliphatic carbocycles. The van der Waals surface area contributed by atoms with Crippen LogP contribution in [-0.4, -0.2) is 36.2 Å². The van der Waals surface area contributed by atoms with Crippen molar-refractivity contribution in [2.45, 2.75) is 45.1 Å². The maximum absolute atomic E-state index is 12.8. The Hall–Kier alpha value is -2.45. The number of hydrogen-bond donors (Lipinski definition) is 1. The summed E-state index contributed by atoms with van der Waals surface area (Å²) >= 11 is 0. The van der Waals surface area contributed by atoms with Crippen molar-refractivity contribution in [3.63, 3.8) is 0 Å². The molecule has 0 atom stereocenters. The van der Waals surface area contributed by atoms with Gasteiger partial charge in [0.15, 0.2) is 11.6 Å². The van der Waals surface area contributed by atoms with E-state index in [0.29, 0.717) is 0 Å². The second-order valence-electron chi connectivity index (χ2n) is 6.87. The first-order valence-corrected chi connectivity index (χ1v) is 8.35. The molecule has 0 bridgehead atoms. The molecule has 1 saturated carbocycles. The molecule has 2 aliphatic rings. The van der Waals surface area contributed by atoms with Crippen LogP contribution in [0.2, 0.25) is 0 Å². The van der Waals surface area contributed by atoms with Crippen LogP contribution in [-0.2, 0) is 19.1 Å². The lowest BCUT2D eigenvalue weighted by Crippen LogP contribution is -2.57. The number of ketones is 2. The standard InChI is InChI=1S/C20H21NO4/c1-4-5-14-6-12(2)18(13(3)7-14)19-15(22)8-20(9-16(19)23)11-21-17(24)10-25-20/h6-7,19H,8-11H2,1-3H3,(H,21,24). The highest BCUT2D eigenvalue weighted by molar-refractivity contribution is 6.11. The van der Waals surface area contributed by atoms with Gasteiger partial charge in [-0.1, -0.05) is 5.92 Å². The number of nitrogens with one attached hydrogen (secondary N) is 1. The summed E-state index contributed by atoms with van der Waals surface area (Å²) in [6, 6.07) is 3.84. The van der Waals surface area contributed by atoms with Gasteiger partial charge in [0.05, 0.1) is 5.60 Å². The summed E-state index contributed by atoms with van der Waals surface area (Å²) in [6.07, 6.45) is 0.276. The van der Waals surface area contributed by atoms with Crippen molar-refractivity contribution in [3.8, 4) is 11.8 Å². The number of Topliss-reactive ketones (excluding diaryl/α,β-unsaturated/α-hetero) is 2. The van der Waals surface area contributed by atoms with Crippen LogP contribution in [0.15, 0.2) is 12.1 Å². The van der Waals surface area contributed by atoms with Gasteiger partial charge in [0.2, 0.25) is 5.91 Å². The van der Waals surface area contributed by atoms with Crippen LogP contribution in [0.3, 0.4) is 0 Å². The zero-order valence-corrected chi connectivity index (χ0v) is 14.7. The zero-order chi connectivity index (χ0) is 18.2. The lowest BCUT2D eigenvalue weighted by atomic mass is 9.71. The molecular formula is C20H21NO4. The van der Waals surface area contributed by atoms with Crippen molar-refractivity contribution in [3.05, 3.63) is 34.4 Å². The number of amides is 1. The Balaban J connectivity index is 1.92. The van der Waals surface area contributed by atoms with Gasteiger partial charge in [-0.15, -0.1) is 5.92 Å². The molecular weight excluding hydrogens is 318 g/mol. The number of hydrogen-bond acceptors (Lipinski definition) is 4. The molecule has 1 N–H and O–H groups in total. The topological polar surface area (TPSA) is 72.5 Å². The molecule has 1 aromatic carbocycles. The summed E-state index contributed by atoms with van der Waals surface area (Å²) in [7, 11) is 0. The molecule has 1 aliphatic heterocycles. The Kier molecular flexibility index (Phi) is 4.49. The monoisotopic (exact) mass is 339 g/mol. The molecule has 1 spiro atoms. The van der Waals surface area contributed by atoms with Crippen LogP contribution >= 0.6 is 0 Å². The van der Waals surface area contributed by atoms with E-state index < -0.39 is 11.5 Å². The van der Waals surface area contributed by atoms with Gasteiger partial charge >= 0.3 is 0 Å². The lowest BCUT2D eigenvalue weighted by Gasteiger charge is -2.41. The molecule has 130 valence electrons. The quantitative estimate of drug-likeness (QED) is 0.623. The molecule has 1 aromatic rings. The summed E-state index contributed by atoms with van der Waals surface area (Å²) in [6.45, 7) is 5.69. The van der Waals surface area contributed by atoms with Crippen LogP contribution in [0.25, 0.3) is 0 Å². The van der Waals surface area contributed by atoms with Crippen LogP contribution in [0.4, 0.5) is 0 Å². The molecule has 1 saturated heterocycles. The summed E-state index contributed by atoms with van der Waals surface area (Å²) < 4.78 is 5.58. The first-order chi connectivity index (χ1) is 11.8. The van der Waals surface area contributed by atoms with E-state index in [4.69, 9.17) is 4.74 Å².